The molecule has 0 unspecified atom stereocenters. The Morgan fingerprint density at radius 3 is 2.10 bits per heavy atom. The van der Waals surface area contributed by atoms with Crippen LogP contribution in [-0.2, 0) is 21.2 Å². The quantitative estimate of drug-likeness (QED) is 0.540. The van der Waals surface area contributed by atoms with Gasteiger partial charge in [0.25, 0.3) is 0 Å². The highest BCUT2D eigenvalue weighted by molar-refractivity contribution is 7.89. The third-order valence-electron chi connectivity index (χ3n) is 5.13. The maximum atomic E-state index is 13.3. The van der Waals surface area contributed by atoms with Gasteiger partial charge in [0.2, 0.25) is 15.9 Å². The zero-order valence-electron chi connectivity index (χ0n) is 18.0. The Bertz CT molecular complexity index is 1130. The third kappa shape index (κ3) is 5.81. The smallest absolute Gasteiger partial charge is 0.242 e. The van der Waals surface area contributed by atoms with Gasteiger partial charge in [0.05, 0.1) is 4.90 Å². The molecule has 0 aliphatic carbocycles. The number of hydrogen-bond donors (Lipinski definition) is 2. The molecule has 162 valence electrons. The number of hydrogen-bond acceptors (Lipinski definition) is 3. The molecule has 0 fully saturated rings. The monoisotopic (exact) mass is 436 g/mol. The van der Waals surface area contributed by atoms with Crippen LogP contribution in [0.5, 0.6) is 0 Å². The molecule has 0 aliphatic rings. The zero-order chi connectivity index (χ0) is 22.4. The first-order valence-electron chi connectivity index (χ1n) is 10.3. The first kappa shape index (κ1) is 22.7. The first-order valence-corrected chi connectivity index (χ1v) is 11.8. The fourth-order valence-corrected chi connectivity index (χ4v) is 4.66. The molecular weight excluding hydrogens is 408 g/mol. The summed E-state index contributed by atoms with van der Waals surface area (Å²) in [5, 5.41) is 2.99. The minimum absolute atomic E-state index is 0.125. The summed E-state index contributed by atoms with van der Waals surface area (Å²) in [4.78, 5) is 13.4. The fraction of sp³-hybridized carbons (Fsp3) is 0.240. The number of aryl methyl sites for hydroxylation is 1. The molecule has 0 saturated carbocycles. The molecule has 3 rings (SSSR count). The molecule has 3 aromatic carbocycles. The van der Waals surface area contributed by atoms with E-state index in [4.69, 9.17) is 0 Å². The van der Waals surface area contributed by atoms with Gasteiger partial charge in [-0.25, -0.2) is 8.42 Å². The number of anilines is 1. The van der Waals surface area contributed by atoms with Crippen molar-refractivity contribution in [1.29, 1.82) is 0 Å². The minimum atomic E-state index is -3.86. The normalized spacial score (nSPS) is 12.5. The van der Waals surface area contributed by atoms with E-state index in [1.807, 2.05) is 55.5 Å². The largest absolute Gasteiger partial charge is 0.324 e. The molecule has 0 spiro atoms. The Kier molecular flexibility index (Phi) is 7.25. The lowest BCUT2D eigenvalue weighted by molar-refractivity contribution is -0.117. The third-order valence-corrected chi connectivity index (χ3v) is 6.61. The van der Waals surface area contributed by atoms with E-state index < -0.39 is 16.1 Å². The maximum Gasteiger partial charge on any atom is 0.242 e. The fourth-order valence-electron chi connectivity index (χ4n) is 3.45. The van der Waals surface area contributed by atoms with Gasteiger partial charge in [-0.15, -0.1) is 0 Å². The maximum absolute atomic E-state index is 13.3. The van der Waals surface area contributed by atoms with Gasteiger partial charge in [-0.3, -0.25) is 4.79 Å². The second-order valence-corrected chi connectivity index (χ2v) is 9.57. The topological polar surface area (TPSA) is 75.3 Å². The van der Waals surface area contributed by atoms with Crippen molar-refractivity contribution in [2.24, 2.45) is 0 Å². The average Bonchev–Trinajstić information content (AvgIpc) is 2.75. The molecular formula is C25H28N2O3S. The number of sulfonamides is 1. The van der Waals surface area contributed by atoms with Crippen molar-refractivity contribution in [3.05, 3.63) is 95.6 Å². The second-order valence-electron chi connectivity index (χ2n) is 7.86. The predicted octanol–water partition coefficient (Wildman–Crippen LogP) is 4.65. The summed E-state index contributed by atoms with van der Waals surface area (Å²) in [6.07, 6.45) is 0.238. The van der Waals surface area contributed by atoms with Crippen LogP contribution in [0.15, 0.2) is 83.8 Å². The summed E-state index contributed by atoms with van der Waals surface area (Å²) in [5.74, 6) is -0.177. The molecule has 31 heavy (non-hydrogen) atoms. The Balaban J connectivity index is 1.92. The van der Waals surface area contributed by atoms with E-state index in [9.17, 15) is 13.2 Å². The van der Waals surface area contributed by atoms with E-state index in [2.05, 4.69) is 23.9 Å². The lowest BCUT2D eigenvalue weighted by atomic mass is 9.97. The summed E-state index contributed by atoms with van der Waals surface area (Å²) >= 11 is 0. The number of carbonyl (C=O) groups is 1. The molecule has 1 amide bonds. The molecule has 3 aromatic rings. The molecule has 0 bridgehead atoms. The van der Waals surface area contributed by atoms with Crippen LogP contribution in [0, 0.1) is 6.92 Å². The van der Waals surface area contributed by atoms with Gasteiger partial charge >= 0.3 is 0 Å². The van der Waals surface area contributed by atoms with Crippen LogP contribution in [-0.4, -0.2) is 20.4 Å². The standard InChI is InChI=1S/C25H28N2O3S/c1-18(2)22-16-10-11-19(3)24(22)26-25(28)23(17-20-12-6-4-7-13-20)27-31(29,30)21-14-8-5-9-15-21/h4-16,18,23,27H,17H2,1-3H3,(H,26,28)/t23-/m1/s1. The van der Waals surface area contributed by atoms with Gasteiger partial charge in [-0.1, -0.05) is 80.6 Å². The molecule has 0 aromatic heterocycles. The molecule has 0 aliphatic heterocycles. The number of para-hydroxylation sites is 1. The lowest BCUT2D eigenvalue weighted by Crippen LogP contribution is -2.45. The lowest BCUT2D eigenvalue weighted by Gasteiger charge is -2.22. The molecule has 0 radical (unpaired) electrons. The summed E-state index contributed by atoms with van der Waals surface area (Å²) in [5.41, 5.74) is 3.55. The molecule has 5 nitrogen and oxygen atoms in total. The van der Waals surface area contributed by atoms with Crippen molar-refractivity contribution in [3.63, 3.8) is 0 Å². The van der Waals surface area contributed by atoms with Gasteiger partial charge in [-0.05, 0) is 48.1 Å². The van der Waals surface area contributed by atoms with E-state index in [0.29, 0.717) is 0 Å². The van der Waals surface area contributed by atoms with E-state index in [1.54, 1.807) is 18.2 Å². The highest BCUT2D eigenvalue weighted by Gasteiger charge is 2.27. The minimum Gasteiger partial charge on any atom is -0.324 e. The molecule has 2 N–H and O–H groups in total. The number of nitrogens with one attached hydrogen (secondary N) is 2. The van der Waals surface area contributed by atoms with Gasteiger partial charge in [0.15, 0.2) is 0 Å². The number of carbonyl (C=O) groups excluding carboxylic acids is 1. The van der Waals surface area contributed by atoms with Gasteiger partial charge in [0.1, 0.15) is 6.04 Å². The van der Waals surface area contributed by atoms with Gasteiger partial charge in [-0.2, -0.15) is 4.72 Å². The number of benzene rings is 3. The van der Waals surface area contributed by atoms with Crippen LogP contribution in [0.4, 0.5) is 5.69 Å². The summed E-state index contributed by atoms with van der Waals surface area (Å²) in [7, 11) is -3.86. The first-order chi connectivity index (χ1) is 14.8. The molecule has 1 atom stereocenters. The molecule has 0 saturated heterocycles. The van der Waals surface area contributed by atoms with Crippen LogP contribution in [0.3, 0.4) is 0 Å². The van der Waals surface area contributed by atoms with Crippen molar-refractivity contribution in [3.8, 4) is 0 Å². The Hall–Kier alpha value is -2.96. The van der Waals surface area contributed by atoms with E-state index in [-0.39, 0.29) is 23.1 Å². The van der Waals surface area contributed by atoms with Crippen LogP contribution in [0.25, 0.3) is 0 Å². The van der Waals surface area contributed by atoms with Crippen LogP contribution >= 0.6 is 0 Å². The summed E-state index contributed by atoms with van der Waals surface area (Å²) < 4.78 is 28.5. The predicted molar refractivity (Wildman–Crippen MR) is 125 cm³/mol. The van der Waals surface area contributed by atoms with Gasteiger partial charge in [0, 0.05) is 5.69 Å². The van der Waals surface area contributed by atoms with Crippen molar-refractivity contribution >= 4 is 21.6 Å². The Morgan fingerprint density at radius 2 is 1.48 bits per heavy atom. The molecule has 0 heterocycles. The van der Waals surface area contributed by atoms with Crippen LogP contribution in [0.1, 0.15) is 36.5 Å². The molecule has 6 heteroatoms. The number of amides is 1. The average molecular weight is 437 g/mol. The highest BCUT2D eigenvalue weighted by atomic mass is 32.2. The van der Waals surface area contributed by atoms with Gasteiger partial charge < -0.3 is 5.32 Å². The summed E-state index contributed by atoms with van der Waals surface area (Å²) in [6, 6.07) is 22.4. The Morgan fingerprint density at radius 1 is 0.871 bits per heavy atom. The van der Waals surface area contributed by atoms with E-state index in [1.165, 1.54) is 12.1 Å². The summed E-state index contributed by atoms with van der Waals surface area (Å²) in [6.45, 7) is 6.05. The van der Waals surface area contributed by atoms with Crippen molar-refractivity contribution in [2.75, 3.05) is 5.32 Å². The van der Waals surface area contributed by atoms with Crippen LogP contribution in [0.2, 0.25) is 0 Å². The van der Waals surface area contributed by atoms with Crippen molar-refractivity contribution in [2.45, 2.75) is 44.0 Å². The van der Waals surface area contributed by atoms with E-state index >= 15 is 0 Å². The van der Waals surface area contributed by atoms with Crippen molar-refractivity contribution in [1.82, 2.24) is 4.72 Å². The number of rotatable bonds is 8. The van der Waals surface area contributed by atoms with E-state index in [0.717, 1.165) is 22.4 Å². The zero-order valence-corrected chi connectivity index (χ0v) is 18.8. The van der Waals surface area contributed by atoms with Crippen molar-refractivity contribution < 1.29 is 13.2 Å². The second kappa shape index (κ2) is 9.90. The SMILES string of the molecule is Cc1cccc(C(C)C)c1NC(=O)[C@@H](Cc1ccccc1)NS(=O)(=O)c1ccccc1. The Labute approximate surface area is 184 Å². The van der Waals surface area contributed by atoms with Crippen LogP contribution < -0.4 is 10.0 Å². The highest BCUT2D eigenvalue weighted by Crippen LogP contribution is 2.27.